The summed E-state index contributed by atoms with van der Waals surface area (Å²) in [7, 11) is 0. The summed E-state index contributed by atoms with van der Waals surface area (Å²) < 4.78 is 13.3. The Morgan fingerprint density at radius 3 is 1.75 bits per heavy atom. The van der Waals surface area contributed by atoms with Crippen molar-refractivity contribution in [3.05, 3.63) is 12.2 Å². The molecule has 0 aliphatic heterocycles. The van der Waals surface area contributed by atoms with Gasteiger partial charge in [0.1, 0.15) is 6.17 Å². The Balaban J connectivity index is 1.32. The molecule has 3 fully saturated rings. The number of allylic oxidation sites excluding steroid dienone is 2. The van der Waals surface area contributed by atoms with Crippen molar-refractivity contribution in [2.45, 2.75) is 109 Å². The quantitative estimate of drug-likeness (QED) is 0.406. The Bertz CT molecular complexity index is 497. The molecule has 2 heteroatoms. The van der Waals surface area contributed by atoms with Gasteiger partial charge in [-0.15, -0.1) is 0 Å². The van der Waals surface area contributed by atoms with Crippen molar-refractivity contribution in [2.24, 2.45) is 35.5 Å². The highest BCUT2D eigenvalue weighted by atomic mass is 19.1. The lowest BCUT2D eigenvalue weighted by Crippen LogP contribution is -2.29. The van der Waals surface area contributed by atoms with Crippen molar-refractivity contribution in [3.63, 3.8) is 0 Å². The van der Waals surface area contributed by atoms with Crippen LogP contribution in [0.3, 0.4) is 0 Å². The molecule has 0 aromatic rings. The number of nitrogens with zero attached hydrogens (tertiary/aromatic N) is 1. The summed E-state index contributed by atoms with van der Waals surface area (Å²) in [4.78, 5) is 0. The molecule has 28 heavy (non-hydrogen) atoms. The molecule has 0 N–H and O–H groups in total. The molecule has 0 radical (unpaired) electrons. The predicted molar refractivity (Wildman–Crippen MR) is 116 cm³/mol. The Labute approximate surface area is 173 Å². The topological polar surface area (TPSA) is 23.8 Å². The van der Waals surface area contributed by atoms with E-state index in [9.17, 15) is 4.39 Å². The molecule has 3 aliphatic rings. The van der Waals surface area contributed by atoms with Crippen LogP contribution in [0.4, 0.5) is 4.39 Å². The molecule has 3 saturated carbocycles. The van der Waals surface area contributed by atoms with Gasteiger partial charge in [-0.05, 0) is 126 Å². The Morgan fingerprint density at radius 2 is 1.29 bits per heavy atom. The van der Waals surface area contributed by atoms with Crippen LogP contribution in [-0.2, 0) is 0 Å². The molecule has 0 bridgehead atoms. The van der Waals surface area contributed by atoms with Gasteiger partial charge >= 0.3 is 0 Å². The van der Waals surface area contributed by atoms with E-state index in [2.05, 4.69) is 18.2 Å². The van der Waals surface area contributed by atoms with Gasteiger partial charge in [-0.3, -0.25) is 0 Å². The van der Waals surface area contributed by atoms with Gasteiger partial charge in [0.25, 0.3) is 0 Å². The van der Waals surface area contributed by atoms with Crippen LogP contribution in [0, 0.1) is 46.8 Å². The van der Waals surface area contributed by atoms with Gasteiger partial charge in [0.05, 0.1) is 6.07 Å². The molecule has 0 aromatic heterocycles. The average Bonchev–Trinajstić information content (AvgIpc) is 2.77. The van der Waals surface area contributed by atoms with E-state index in [0.717, 1.165) is 48.9 Å². The van der Waals surface area contributed by atoms with Crippen LogP contribution >= 0.6 is 0 Å². The molecule has 158 valence electrons. The summed E-state index contributed by atoms with van der Waals surface area (Å²) in [5.41, 5.74) is 0. The summed E-state index contributed by atoms with van der Waals surface area (Å²) in [5, 5.41) is 9.11. The first kappa shape index (κ1) is 21.9. The van der Waals surface area contributed by atoms with Crippen LogP contribution in [0.1, 0.15) is 103 Å². The van der Waals surface area contributed by atoms with E-state index in [1.807, 2.05) is 6.92 Å². The fourth-order valence-corrected chi connectivity index (χ4v) is 6.39. The zero-order chi connectivity index (χ0) is 19.8. The number of alkyl halides is 1. The van der Waals surface area contributed by atoms with E-state index in [1.165, 1.54) is 64.2 Å². The smallest absolute Gasteiger partial charge is 0.100 e. The van der Waals surface area contributed by atoms with Crippen LogP contribution in [0.15, 0.2) is 12.2 Å². The van der Waals surface area contributed by atoms with Crippen LogP contribution in [0.2, 0.25) is 0 Å². The molecule has 0 aromatic carbocycles. The van der Waals surface area contributed by atoms with Crippen molar-refractivity contribution >= 4 is 0 Å². The van der Waals surface area contributed by atoms with Gasteiger partial charge in [-0.1, -0.05) is 19.1 Å². The lowest BCUT2D eigenvalue weighted by atomic mass is 9.65. The fraction of sp³-hybridized carbons (Fsp3) is 0.885. The molecule has 1 nitrogen and oxygen atoms in total. The molecule has 1 unspecified atom stereocenters. The van der Waals surface area contributed by atoms with E-state index in [1.54, 1.807) is 0 Å². The molecule has 3 aliphatic carbocycles. The van der Waals surface area contributed by atoms with Gasteiger partial charge in [0, 0.05) is 5.92 Å². The summed E-state index contributed by atoms with van der Waals surface area (Å²) in [6.45, 7) is 1.93. The number of halogens is 1. The molecule has 3 rings (SSSR count). The molecule has 1 atom stereocenters. The van der Waals surface area contributed by atoms with Gasteiger partial charge in [0.15, 0.2) is 0 Å². The standard InChI is InChI=1S/C26H42FN/c1-2-26(27)6-4-3-5-20-7-11-22(12-8-20)24-15-17-25(18-16-24)23-13-9-21(19-28)10-14-23/h3,5,20-26H,2,4,6-18H2,1H3/b5-3+/t20-,21?,22-,23?,24?,25?,26?. The first-order chi connectivity index (χ1) is 13.7. The molecule has 0 spiro atoms. The van der Waals surface area contributed by atoms with Crippen molar-refractivity contribution in [1.82, 2.24) is 0 Å². The number of rotatable bonds is 7. The maximum absolute atomic E-state index is 13.3. The van der Waals surface area contributed by atoms with Gasteiger partial charge in [-0.2, -0.15) is 5.26 Å². The molecular weight excluding hydrogens is 345 g/mol. The van der Waals surface area contributed by atoms with E-state index in [-0.39, 0.29) is 0 Å². The number of nitriles is 1. The lowest BCUT2D eigenvalue weighted by Gasteiger charge is -2.40. The largest absolute Gasteiger partial charge is 0.247 e. The monoisotopic (exact) mass is 387 g/mol. The molecule has 0 amide bonds. The maximum atomic E-state index is 13.3. The van der Waals surface area contributed by atoms with Crippen molar-refractivity contribution in [1.29, 1.82) is 5.26 Å². The van der Waals surface area contributed by atoms with Crippen LogP contribution in [0.25, 0.3) is 0 Å². The minimum atomic E-state index is -0.614. The summed E-state index contributed by atoms with van der Waals surface area (Å²) >= 11 is 0. The van der Waals surface area contributed by atoms with Crippen LogP contribution < -0.4 is 0 Å². The molecular formula is C26H42FN. The van der Waals surface area contributed by atoms with E-state index in [4.69, 9.17) is 5.26 Å². The summed E-state index contributed by atoms with van der Waals surface area (Å²) in [5.74, 6) is 4.92. The summed E-state index contributed by atoms with van der Waals surface area (Å²) in [6.07, 6.45) is 22.6. The molecule has 0 heterocycles. The van der Waals surface area contributed by atoms with E-state index in [0.29, 0.717) is 18.8 Å². The van der Waals surface area contributed by atoms with Crippen molar-refractivity contribution in [3.8, 4) is 6.07 Å². The Morgan fingerprint density at radius 1 is 0.821 bits per heavy atom. The van der Waals surface area contributed by atoms with Gasteiger partial charge in [-0.25, -0.2) is 4.39 Å². The third-order valence-corrected chi connectivity index (χ3v) is 8.42. The van der Waals surface area contributed by atoms with E-state index < -0.39 is 6.17 Å². The molecule has 0 saturated heterocycles. The van der Waals surface area contributed by atoms with Crippen LogP contribution in [0.5, 0.6) is 0 Å². The minimum Gasteiger partial charge on any atom is -0.247 e. The average molecular weight is 388 g/mol. The second kappa shape index (κ2) is 11.4. The third kappa shape index (κ3) is 6.33. The van der Waals surface area contributed by atoms with Gasteiger partial charge < -0.3 is 0 Å². The Kier molecular flexibility index (Phi) is 8.88. The third-order valence-electron chi connectivity index (χ3n) is 8.42. The number of hydrogen-bond donors (Lipinski definition) is 0. The number of hydrogen-bond acceptors (Lipinski definition) is 1. The SMILES string of the molecule is CCC(F)CC/C=C/[C@H]1CC[C@H](C2CCC(C3CCC(C#N)CC3)CC2)CC1. The summed E-state index contributed by atoms with van der Waals surface area (Å²) in [6, 6.07) is 2.48. The lowest BCUT2D eigenvalue weighted by molar-refractivity contribution is 0.113. The normalized spacial score (nSPS) is 38.2. The zero-order valence-corrected chi connectivity index (χ0v) is 18.1. The Hall–Kier alpha value is -0.840. The van der Waals surface area contributed by atoms with Gasteiger partial charge in [0.2, 0.25) is 0 Å². The predicted octanol–water partition coefficient (Wildman–Crippen LogP) is 8.01. The minimum absolute atomic E-state index is 0.349. The second-order valence-electron chi connectivity index (χ2n) is 10.1. The fourth-order valence-electron chi connectivity index (χ4n) is 6.39. The first-order valence-corrected chi connectivity index (χ1v) is 12.4. The highest BCUT2D eigenvalue weighted by Crippen LogP contribution is 2.45. The van der Waals surface area contributed by atoms with Crippen molar-refractivity contribution < 1.29 is 4.39 Å². The second-order valence-corrected chi connectivity index (χ2v) is 10.1. The van der Waals surface area contributed by atoms with Crippen molar-refractivity contribution in [2.75, 3.05) is 0 Å². The first-order valence-electron chi connectivity index (χ1n) is 12.4. The zero-order valence-electron chi connectivity index (χ0n) is 18.1. The van der Waals surface area contributed by atoms with E-state index >= 15 is 0 Å². The maximum Gasteiger partial charge on any atom is 0.100 e. The highest BCUT2D eigenvalue weighted by Gasteiger charge is 2.34. The highest BCUT2D eigenvalue weighted by molar-refractivity contribution is 4.94. The van der Waals surface area contributed by atoms with Crippen LogP contribution in [-0.4, -0.2) is 6.17 Å².